The van der Waals surface area contributed by atoms with E-state index in [1.165, 1.54) is 0 Å². The average Bonchev–Trinajstić information content (AvgIpc) is 2.47. The fourth-order valence-electron chi connectivity index (χ4n) is 1.86. The second kappa shape index (κ2) is 7.03. The molecule has 1 N–H and O–H groups in total. The van der Waals surface area contributed by atoms with Crippen LogP contribution in [0.15, 0.2) is 47.4 Å². The third kappa shape index (κ3) is 3.93. The van der Waals surface area contributed by atoms with Crippen LogP contribution in [0.2, 0.25) is 5.02 Å². The highest BCUT2D eigenvalue weighted by molar-refractivity contribution is 7.92. The van der Waals surface area contributed by atoms with Crippen LogP contribution >= 0.6 is 11.6 Å². The number of rotatable bonds is 6. The van der Waals surface area contributed by atoms with Gasteiger partial charge in [0.25, 0.3) is 10.0 Å². The summed E-state index contributed by atoms with van der Waals surface area (Å²) >= 11 is 6.10. The van der Waals surface area contributed by atoms with E-state index in [1.54, 1.807) is 42.5 Å². The Morgan fingerprint density at radius 3 is 2.45 bits per heavy atom. The second-order valence-corrected chi connectivity index (χ2v) is 6.97. The second-order valence-electron chi connectivity index (χ2n) is 4.88. The molecule has 2 aromatic carbocycles. The largest absolute Gasteiger partial charge is 0.490 e. The quantitative estimate of drug-likeness (QED) is 0.856. The monoisotopic (exact) mass is 339 g/mol. The summed E-state index contributed by atoms with van der Waals surface area (Å²) in [5, 5.41) is 0.373. The van der Waals surface area contributed by atoms with Crippen molar-refractivity contribution in [2.24, 2.45) is 0 Å². The van der Waals surface area contributed by atoms with Gasteiger partial charge in [-0.3, -0.25) is 4.72 Å². The van der Waals surface area contributed by atoms with E-state index in [0.29, 0.717) is 23.1 Å². The number of para-hydroxylation sites is 1. The maximum atomic E-state index is 12.4. The fraction of sp³-hybridized carbons (Fsp3) is 0.250. The highest BCUT2D eigenvalue weighted by atomic mass is 35.5. The normalized spacial score (nSPS) is 11.2. The van der Waals surface area contributed by atoms with Crippen molar-refractivity contribution >= 4 is 27.3 Å². The maximum absolute atomic E-state index is 12.4. The molecule has 2 rings (SSSR count). The molecule has 0 saturated heterocycles. The zero-order valence-electron chi connectivity index (χ0n) is 12.5. The minimum Gasteiger partial charge on any atom is -0.490 e. The predicted octanol–water partition coefficient (Wildman–Crippen LogP) is 4.24. The van der Waals surface area contributed by atoms with Gasteiger partial charge in [0.2, 0.25) is 0 Å². The van der Waals surface area contributed by atoms with Gasteiger partial charge in [-0.15, -0.1) is 0 Å². The number of halogens is 1. The third-order valence-electron chi connectivity index (χ3n) is 2.99. The topological polar surface area (TPSA) is 55.4 Å². The lowest BCUT2D eigenvalue weighted by atomic mass is 10.2. The highest BCUT2D eigenvalue weighted by Crippen LogP contribution is 2.34. The summed E-state index contributed by atoms with van der Waals surface area (Å²) in [6.45, 7) is 4.33. The number of nitrogens with one attached hydrogen (secondary N) is 1. The van der Waals surface area contributed by atoms with E-state index in [2.05, 4.69) is 4.72 Å². The van der Waals surface area contributed by atoms with Gasteiger partial charge in [-0.25, -0.2) is 8.42 Å². The highest BCUT2D eigenvalue weighted by Gasteiger charge is 2.17. The summed E-state index contributed by atoms with van der Waals surface area (Å²) in [6.07, 6.45) is 0.801. The van der Waals surface area contributed by atoms with Crippen molar-refractivity contribution in [3.05, 3.63) is 53.1 Å². The van der Waals surface area contributed by atoms with Gasteiger partial charge in [-0.05, 0) is 37.6 Å². The molecular weight excluding hydrogens is 322 g/mol. The molecule has 0 bridgehead atoms. The van der Waals surface area contributed by atoms with E-state index in [9.17, 15) is 8.42 Å². The van der Waals surface area contributed by atoms with E-state index >= 15 is 0 Å². The van der Waals surface area contributed by atoms with Crippen molar-refractivity contribution in [1.82, 2.24) is 0 Å². The van der Waals surface area contributed by atoms with Crippen molar-refractivity contribution in [3.63, 3.8) is 0 Å². The summed E-state index contributed by atoms with van der Waals surface area (Å²) in [4.78, 5) is 0.194. The van der Waals surface area contributed by atoms with Crippen LogP contribution in [0.25, 0.3) is 0 Å². The lowest BCUT2D eigenvalue weighted by Crippen LogP contribution is -2.14. The molecule has 2 aromatic rings. The first-order valence-corrected chi connectivity index (χ1v) is 8.81. The van der Waals surface area contributed by atoms with Crippen molar-refractivity contribution in [1.29, 1.82) is 0 Å². The van der Waals surface area contributed by atoms with Crippen LogP contribution in [0.1, 0.15) is 18.9 Å². The zero-order valence-corrected chi connectivity index (χ0v) is 14.0. The summed E-state index contributed by atoms with van der Waals surface area (Å²) in [5.41, 5.74) is 1.33. The summed E-state index contributed by atoms with van der Waals surface area (Å²) in [6, 6.07) is 11.6. The van der Waals surface area contributed by atoms with Gasteiger partial charge >= 0.3 is 0 Å². The molecule has 0 saturated carbocycles. The molecule has 0 aliphatic carbocycles. The van der Waals surface area contributed by atoms with Crippen molar-refractivity contribution in [2.75, 3.05) is 11.3 Å². The lowest BCUT2D eigenvalue weighted by molar-refractivity contribution is 0.319. The van der Waals surface area contributed by atoms with Crippen molar-refractivity contribution in [2.45, 2.75) is 25.2 Å². The molecule has 0 unspecified atom stereocenters. The molecule has 0 aliphatic rings. The van der Waals surface area contributed by atoms with Crippen LogP contribution in [0.4, 0.5) is 5.69 Å². The minimum atomic E-state index is -3.68. The molecule has 4 nitrogen and oxygen atoms in total. The van der Waals surface area contributed by atoms with E-state index in [1.807, 2.05) is 13.8 Å². The van der Waals surface area contributed by atoms with Gasteiger partial charge in [0.1, 0.15) is 0 Å². The first-order chi connectivity index (χ1) is 10.4. The molecule has 118 valence electrons. The Hall–Kier alpha value is -1.72. The van der Waals surface area contributed by atoms with Crippen LogP contribution in [-0.4, -0.2) is 15.0 Å². The number of anilines is 1. The molecule has 0 aromatic heterocycles. The smallest absolute Gasteiger partial charge is 0.262 e. The molecule has 22 heavy (non-hydrogen) atoms. The number of aryl methyl sites for hydroxylation is 1. The average molecular weight is 340 g/mol. The molecule has 0 heterocycles. The molecule has 0 spiro atoms. The number of benzene rings is 2. The van der Waals surface area contributed by atoms with Crippen LogP contribution in [0, 0.1) is 6.92 Å². The van der Waals surface area contributed by atoms with Crippen LogP contribution in [-0.2, 0) is 10.0 Å². The maximum Gasteiger partial charge on any atom is 0.262 e. The van der Waals surface area contributed by atoms with Gasteiger partial charge in [0.15, 0.2) is 5.75 Å². The Balaban J connectivity index is 2.33. The standard InChI is InChI=1S/C16H18ClNO3S/c1-3-11-21-16-14(17)5-4-6-15(16)18-22(19,20)13-9-7-12(2)8-10-13/h4-10,18H,3,11H2,1-2H3. The molecule has 0 radical (unpaired) electrons. The molecule has 0 atom stereocenters. The fourth-order valence-corrected chi connectivity index (χ4v) is 3.15. The molecule has 6 heteroatoms. The summed E-state index contributed by atoms with van der Waals surface area (Å²) in [5.74, 6) is 0.349. The van der Waals surface area contributed by atoms with Gasteiger partial charge < -0.3 is 4.74 Å². The molecule has 0 fully saturated rings. The van der Waals surface area contributed by atoms with Crippen LogP contribution in [0.3, 0.4) is 0 Å². The lowest BCUT2D eigenvalue weighted by Gasteiger charge is -2.14. The number of sulfonamides is 1. The molecule has 0 amide bonds. The SMILES string of the molecule is CCCOc1c(Cl)cccc1NS(=O)(=O)c1ccc(C)cc1. The van der Waals surface area contributed by atoms with Gasteiger partial charge in [-0.1, -0.05) is 42.3 Å². The van der Waals surface area contributed by atoms with Crippen molar-refractivity contribution in [3.8, 4) is 5.75 Å². The van der Waals surface area contributed by atoms with E-state index in [-0.39, 0.29) is 4.90 Å². The van der Waals surface area contributed by atoms with Gasteiger partial charge in [-0.2, -0.15) is 0 Å². The van der Waals surface area contributed by atoms with Gasteiger partial charge in [0, 0.05) is 0 Å². The first-order valence-electron chi connectivity index (χ1n) is 6.95. The molecule has 0 aliphatic heterocycles. The van der Waals surface area contributed by atoms with Crippen LogP contribution in [0.5, 0.6) is 5.75 Å². The van der Waals surface area contributed by atoms with Crippen LogP contribution < -0.4 is 9.46 Å². The summed E-state index contributed by atoms with van der Waals surface area (Å²) < 4.78 is 33.0. The Morgan fingerprint density at radius 2 is 1.82 bits per heavy atom. The number of ether oxygens (including phenoxy) is 1. The van der Waals surface area contributed by atoms with Gasteiger partial charge in [0.05, 0.1) is 22.2 Å². The minimum absolute atomic E-state index is 0.194. The zero-order chi connectivity index (χ0) is 16.2. The van der Waals surface area contributed by atoms with E-state index in [4.69, 9.17) is 16.3 Å². The van der Waals surface area contributed by atoms with E-state index < -0.39 is 10.0 Å². The van der Waals surface area contributed by atoms with Crippen molar-refractivity contribution < 1.29 is 13.2 Å². The Kier molecular flexibility index (Phi) is 5.32. The predicted molar refractivity (Wildman–Crippen MR) is 89.2 cm³/mol. The summed E-state index contributed by atoms with van der Waals surface area (Å²) in [7, 11) is -3.68. The Bertz CT molecular complexity index is 742. The number of hydrogen-bond donors (Lipinski definition) is 1. The Morgan fingerprint density at radius 1 is 1.14 bits per heavy atom. The third-order valence-corrected chi connectivity index (χ3v) is 4.67. The first kappa shape index (κ1) is 16.6. The Labute approximate surface area is 136 Å². The molecular formula is C16H18ClNO3S. The van der Waals surface area contributed by atoms with E-state index in [0.717, 1.165) is 12.0 Å². The number of hydrogen-bond acceptors (Lipinski definition) is 3.